The second kappa shape index (κ2) is 6.27. The Labute approximate surface area is 155 Å². The van der Waals surface area contributed by atoms with Crippen molar-refractivity contribution in [3.8, 4) is 0 Å². The fraction of sp³-hybridized carbons (Fsp3) is 0.684. The SMILES string of the molecule is Cc1ccc(S(=O)(=O)N2CC3(CN(CC4(O)CCOCC4)C3)C2)c(C)c1. The van der Waals surface area contributed by atoms with E-state index in [1.54, 1.807) is 10.4 Å². The van der Waals surface area contributed by atoms with Crippen LogP contribution >= 0.6 is 0 Å². The molecule has 0 amide bonds. The van der Waals surface area contributed by atoms with Crippen LogP contribution in [0.4, 0.5) is 0 Å². The summed E-state index contributed by atoms with van der Waals surface area (Å²) < 4.78 is 32.7. The van der Waals surface area contributed by atoms with Crippen LogP contribution in [0.2, 0.25) is 0 Å². The Morgan fingerprint density at radius 2 is 1.77 bits per heavy atom. The van der Waals surface area contributed by atoms with Gasteiger partial charge >= 0.3 is 0 Å². The third kappa shape index (κ3) is 3.20. The molecule has 0 atom stereocenters. The summed E-state index contributed by atoms with van der Waals surface area (Å²) in [6.45, 7) is 8.65. The van der Waals surface area contributed by atoms with Crippen molar-refractivity contribution < 1.29 is 18.3 Å². The van der Waals surface area contributed by atoms with Gasteiger partial charge in [-0.15, -0.1) is 0 Å². The number of ether oxygens (including phenoxy) is 1. The molecule has 26 heavy (non-hydrogen) atoms. The number of aryl methyl sites for hydroxylation is 2. The van der Waals surface area contributed by atoms with Crippen molar-refractivity contribution in [3.63, 3.8) is 0 Å². The molecule has 1 aromatic carbocycles. The number of nitrogens with zero attached hydrogens (tertiary/aromatic N) is 2. The van der Waals surface area contributed by atoms with E-state index in [-0.39, 0.29) is 5.41 Å². The maximum absolute atomic E-state index is 12.9. The third-order valence-corrected chi connectivity index (χ3v) is 7.98. The lowest BCUT2D eigenvalue weighted by molar-refractivity contribution is -0.135. The van der Waals surface area contributed by atoms with Crippen molar-refractivity contribution in [1.29, 1.82) is 0 Å². The summed E-state index contributed by atoms with van der Waals surface area (Å²) in [6, 6.07) is 5.50. The molecular formula is C19H28N2O4S. The van der Waals surface area contributed by atoms with Crippen LogP contribution in [0.15, 0.2) is 23.1 Å². The molecule has 7 heteroatoms. The van der Waals surface area contributed by atoms with Gasteiger partial charge in [0.2, 0.25) is 10.0 Å². The highest BCUT2D eigenvalue weighted by Crippen LogP contribution is 2.43. The second-order valence-corrected chi connectivity index (χ2v) is 10.4. The molecule has 1 aromatic rings. The number of aliphatic hydroxyl groups is 1. The number of likely N-dealkylation sites (tertiary alicyclic amines) is 1. The van der Waals surface area contributed by atoms with Crippen molar-refractivity contribution in [1.82, 2.24) is 9.21 Å². The molecule has 3 fully saturated rings. The molecule has 4 rings (SSSR count). The molecular weight excluding hydrogens is 352 g/mol. The zero-order valence-electron chi connectivity index (χ0n) is 15.6. The van der Waals surface area contributed by atoms with Gasteiger partial charge in [0.15, 0.2) is 0 Å². The lowest BCUT2D eigenvalue weighted by Gasteiger charge is -2.60. The predicted molar refractivity (Wildman–Crippen MR) is 98.6 cm³/mol. The van der Waals surface area contributed by atoms with Crippen molar-refractivity contribution in [2.75, 3.05) is 45.9 Å². The van der Waals surface area contributed by atoms with Gasteiger partial charge < -0.3 is 9.84 Å². The Bertz CT molecular complexity index is 788. The standard InChI is InChI=1S/C19H28N2O4S/c1-15-3-4-17(16(2)9-15)26(23,24)21-12-18(13-21)10-20(11-18)14-19(22)5-7-25-8-6-19/h3-4,9,22H,5-8,10-14H2,1-2H3. The van der Waals surface area contributed by atoms with E-state index >= 15 is 0 Å². The maximum Gasteiger partial charge on any atom is 0.243 e. The Balaban J connectivity index is 1.34. The molecule has 0 aromatic heterocycles. The maximum atomic E-state index is 12.9. The van der Waals surface area contributed by atoms with Crippen LogP contribution in [0.3, 0.4) is 0 Å². The smallest absolute Gasteiger partial charge is 0.243 e. The second-order valence-electron chi connectivity index (χ2n) is 8.52. The van der Waals surface area contributed by atoms with Gasteiger partial charge in [0.1, 0.15) is 0 Å². The normalized spacial score (nSPS) is 25.7. The van der Waals surface area contributed by atoms with Gasteiger partial charge in [-0.05, 0) is 25.5 Å². The molecule has 3 aliphatic rings. The van der Waals surface area contributed by atoms with Gasteiger partial charge in [0.25, 0.3) is 0 Å². The van der Waals surface area contributed by atoms with Gasteiger partial charge in [-0.3, -0.25) is 4.90 Å². The highest BCUT2D eigenvalue weighted by Gasteiger charge is 2.56. The number of β-amino-alcohol motifs (C(OH)–C–C–N with tert-alkyl or cyclic N) is 1. The summed E-state index contributed by atoms with van der Waals surface area (Å²) in [7, 11) is -3.40. The summed E-state index contributed by atoms with van der Waals surface area (Å²) in [5, 5.41) is 10.6. The molecule has 0 bridgehead atoms. The van der Waals surface area contributed by atoms with Crippen molar-refractivity contribution >= 4 is 10.0 Å². The molecule has 0 radical (unpaired) electrons. The first-order valence-electron chi connectivity index (χ1n) is 9.32. The van der Waals surface area contributed by atoms with Crippen LogP contribution in [0.5, 0.6) is 0 Å². The molecule has 0 aliphatic carbocycles. The Morgan fingerprint density at radius 1 is 1.12 bits per heavy atom. The highest BCUT2D eigenvalue weighted by atomic mass is 32.2. The third-order valence-electron chi connectivity index (χ3n) is 6.03. The number of sulfonamides is 1. The van der Waals surface area contributed by atoms with E-state index in [0.29, 0.717) is 50.6 Å². The van der Waals surface area contributed by atoms with Gasteiger partial charge in [-0.1, -0.05) is 17.7 Å². The van der Waals surface area contributed by atoms with Crippen molar-refractivity contribution in [3.05, 3.63) is 29.3 Å². The van der Waals surface area contributed by atoms with E-state index in [9.17, 15) is 13.5 Å². The fourth-order valence-corrected chi connectivity index (χ4v) is 6.51. The summed E-state index contributed by atoms with van der Waals surface area (Å²) in [6.07, 6.45) is 1.37. The van der Waals surface area contributed by atoms with E-state index < -0.39 is 15.6 Å². The average Bonchev–Trinajstić information content (AvgIpc) is 2.48. The fourth-order valence-electron chi connectivity index (χ4n) is 4.64. The van der Waals surface area contributed by atoms with Crippen molar-refractivity contribution in [2.24, 2.45) is 5.41 Å². The molecule has 1 N–H and O–H groups in total. The summed E-state index contributed by atoms with van der Waals surface area (Å²) in [5.41, 5.74) is 1.31. The summed E-state index contributed by atoms with van der Waals surface area (Å²) >= 11 is 0. The average molecular weight is 381 g/mol. The first-order valence-corrected chi connectivity index (χ1v) is 10.8. The van der Waals surface area contributed by atoms with Crippen LogP contribution in [-0.4, -0.2) is 74.3 Å². The van der Waals surface area contributed by atoms with Gasteiger partial charge in [0.05, 0.1) is 10.5 Å². The lowest BCUT2D eigenvalue weighted by atomic mass is 9.73. The number of hydrogen-bond donors (Lipinski definition) is 1. The van der Waals surface area contributed by atoms with E-state index in [0.717, 1.165) is 24.2 Å². The van der Waals surface area contributed by atoms with Gasteiger partial charge in [-0.25, -0.2) is 8.42 Å². The monoisotopic (exact) mass is 380 g/mol. The summed E-state index contributed by atoms with van der Waals surface area (Å²) in [5.74, 6) is 0. The molecule has 1 spiro atoms. The topological polar surface area (TPSA) is 70.1 Å². The largest absolute Gasteiger partial charge is 0.388 e. The zero-order chi connectivity index (χ0) is 18.6. The molecule has 3 heterocycles. The minimum absolute atomic E-state index is 0.0766. The molecule has 6 nitrogen and oxygen atoms in total. The van der Waals surface area contributed by atoms with Gasteiger partial charge in [-0.2, -0.15) is 4.31 Å². The van der Waals surface area contributed by atoms with Crippen LogP contribution in [0.25, 0.3) is 0 Å². The highest BCUT2D eigenvalue weighted by molar-refractivity contribution is 7.89. The predicted octanol–water partition coefficient (Wildman–Crippen LogP) is 1.15. The van der Waals surface area contributed by atoms with E-state index in [2.05, 4.69) is 4.90 Å². The van der Waals surface area contributed by atoms with Crippen molar-refractivity contribution in [2.45, 2.75) is 37.2 Å². The van der Waals surface area contributed by atoms with E-state index in [4.69, 9.17) is 4.74 Å². The minimum atomic E-state index is -3.40. The summed E-state index contributed by atoms with van der Waals surface area (Å²) in [4.78, 5) is 2.68. The molecule has 0 unspecified atom stereocenters. The lowest BCUT2D eigenvalue weighted by Crippen LogP contribution is -2.73. The number of rotatable bonds is 4. The van der Waals surface area contributed by atoms with Crippen LogP contribution in [0.1, 0.15) is 24.0 Å². The quantitative estimate of drug-likeness (QED) is 0.849. The Morgan fingerprint density at radius 3 is 2.38 bits per heavy atom. The number of hydrogen-bond acceptors (Lipinski definition) is 5. The molecule has 0 saturated carbocycles. The first kappa shape index (κ1) is 18.4. The Kier molecular flexibility index (Phi) is 4.44. The first-order chi connectivity index (χ1) is 12.2. The minimum Gasteiger partial charge on any atom is -0.388 e. The van der Waals surface area contributed by atoms with Crippen LogP contribution in [-0.2, 0) is 14.8 Å². The van der Waals surface area contributed by atoms with E-state index in [1.165, 1.54) is 0 Å². The molecule has 3 aliphatic heterocycles. The zero-order valence-corrected chi connectivity index (χ0v) is 16.4. The molecule has 144 valence electrons. The van der Waals surface area contributed by atoms with E-state index in [1.807, 2.05) is 26.0 Å². The van der Waals surface area contributed by atoms with Gasteiger partial charge in [0, 0.05) is 64.2 Å². The van der Waals surface area contributed by atoms with Crippen LogP contribution < -0.4 is 0 Å². The number of benzene rings is 1. The Hall–Kier alpha value is -0.990. The van der Waals surface area contributed by atoms with Crippen LogP contribution in [0, 0.1) is 19.3 Å². The molecule has 3 saturated heterocycles.